The monoisotopic (exact) mass is 1760 g/mol. The molecule has 2 aliphatic rings. The molecule has 2 aliphatic heterocycles. The number of fused-ring (bicyclic) bond motifs is 2. The minimum atomic E-state index is -1.17. The van der Waals surface area contributed by atoms with E-state index in [9.17, 15) is 59.1 Å². The van der Waals surface area contributed by atoms with Crippen LogP contribution in [0.2, 0.25) is 0 Å². The van der Waals surface area contributed by atoms with Gasteiger partial charge < -0.3 is 64.4 Å². The highest BCUT2D eigenvalue weighted by Crippen LogP contribution is 2.32. The van der Waals surface area contributed by atoms with Crippen LogP contribution in [0, 0.1) is 58.0 Å². The smallest absolute Gasteiger partial charge is 0.338 e. The normalized spacial score (nSPS) is 11.1. The third kappa shape index (κ3) is 28.7. The van der Waals surface area contributed by atoms with Gasteiger partial charge in [-0.05, 0) is 112 Å². The van der Waals surface area contributed by atoms with E-state index in [2.05, 4.69) is 82.5 Å². The van der Waals surface area contributed by atoms with Gasteiger partial charge in [-0.1, -0.05) is 109 Å². The van der Waals surface area contributed by atoms with Gasteiger partial charge in [0.2, 0.25) is 5.96 Å². The number of carboxylic acid groups (broad SMARTS) is 1. The Balaban J connectivity index is 0.000000359. The topological polar surface area (TPSA) is 429 Å². The predicted molar refractivity (Wildman–Crippen MR) is 454 cm³/mol. The first-order valence-electron chi connectivity index (χ1n) is 35.9. The SMILES string of the molecule is CC.CCCc1ccc(C(=O)OC)cc1N.CCCc1ccc(C(=O)OC)cc1[N+](=O)[O-].COC(=O)c1ccc(CBr)c([N+](=O)[O-])c1.COC(=O)c1ccc2c(c1)N=C(N(C)Cc1ncc(C)c(OC)c1C)N(C)C2.COC(=O)c1ccc2c(c1)N=C(N)N(C)C2.COc1c(C)cnc(CCl)c1C.O=C(O)c1ccc(CBr)c([N+](=O)[O-])c1. The summed E-state index contributed by atoms with van der Waals surface area (Å²) in [5.41, 5.74) is 26.0. The van der Waals surface area contributed by atoms with Crippen molar-refractivity contribution in [2.45, 2.75) is 117 Å². The van der Waals surface area contributed by atoms with E-state index < -0.39 is 32.7 Å². The molecule has 4 heterocycles. The van der Waals surface area contributed by atoms with Crippen molar-refractivity contribution in [2.75, 3.05) is 76.6 Å². The van der Waals surface area contributed by atoms with Crippen molar-refractivity contribution < 1.29 is 81.8 Å². The third-order valence-corrected chi connectivity index (χ3v) is 18.7. The molecular formula is C82H99Br2ClN12O20. The molecule has 0 saturated carbocycles. The zero-order valence-electron chi connectivity index (χ0n) is 68.6. The third-order valence-electron chi connectivity index (χ3n) is 17.2. The molecule has 0 bridgehead atoms. The van der Waals surface area contributed by atoms with Gasteiger partial charge in [0.15, 0.2) is 5.96 Å². The van der Waals surface area contributed by atoms with Gasteiger partial charge in [-0.15, -0.1) is 11.6 Å². The number of alkyl halides is 3. The lowest BCUT2D eigenvalue weighted by molar-refractivity contribution is -0.385. The lowest BCUT2D eigenvalue weighted by Gasteiger charge is -2.33. The number of aromatic nitrogens is 2. The molecule has 0 unspecified atom stereocenters. The van der Waals surface area contributed by atoms with Crippen LogP contribution in [0.5, 0.6) is 11.5 Å². The molecule has 0 radical (unpaired) electrons. The maximum Gasteiger partial charge on any atom is 0.338 e. The van der Waals surface area contributed by atoms with Gasteiger partial charge in [0.25, 0.3) is 17.1 Å². The quantitative estimate of drug-likeness (QED) is 0.0159. The second kappa shape index (κ2) is 49.6. The zero-order valence-corrected chi connectivity index (χ0v) is 72.5. The van der Waals surface area contributed by atoms with Crippen LogP contribution < -0.4 is 20.9 Å². The average molecular weight is 1770 g/mol. The molecule has 2 aromatic heterocycles. The number of methoxy groups -OCH3 is 7. The number of ether oxygens (including phenoxy) is 7. The fourth-order valence-electron chi connectivity index (χ4n) is 11.1. The molecule has 10 rings (SSSR count). The maximum absolute atomic E-state index is 11.8. The summed E-state index contributed by atoms with van der Waals surface area (Å²) in [7, 11) is 15.8. The molecule has 5 N–H and O–H groups in total. The van der Waals surface area contributed by atoms with E-state index in [0.717, 1.165) is 104 Å². The first kappa shape index (κ1) is 99.0. The van der Waals surface area contributed by atoms with Crippen molar-refractivity contribution in [2.24, 2.45) is 15.7 Å². The fourth-order valence-corrected chi connectivity index (χ4v) is 12.4. The van der Waals surface area contributed by atoms with Crippen molar-refractivity contribution in [1.82, 2.24) is 24.7 Å². The molecule has 117 heavy (non-hydrogen) atoms. The second-order valence-corrected chi connectivity index (χ2v) is 26.5. The summed E-state index contributed by atoms with van der Waals surface area (Å²) in [6, 6.07) is 28.5. The summed E-state index contributed by atoms with van der Waals surface area (Å²) in [6.45, 7) is 18.0. The minimum absolute atomic E-state index is 0.0234. The van der Waals surface area contributed by atoms with Gasteiger partial charge in [0.1, 0.15) is 11.5 Å². The van der Waals surface area contributed by atoms with Crippen molar-refractivity contribution >= 4 is 125 Å². The number of hydrogen-bond donors (Lipinski definition) is 3. The Morgan fingerprint density at radius 3 is 1.24 bits per heavy atom. The van der Waals surface area contributed by atoms with Gasteiger partial charge in [-0.25, -0.2) is 38.8 Å². The number of esters is 5. The Bertz CT molecular complexity index is 4890. The summed E-state index contributed by atoms with van der Waals surface area (Å²) in [4.78, 5) is 121. The van der Waals surface area contributed by atoms with Crippen molar-refractivity contribution in [1.29, 1.82) is 0 Å². The number of carboxylic acids is 1. The maximum atomic E-state index is 11.8. The van der Waals surface area contributed by atoms with Crippen molar-refractivity contribution in [3.05, 3.63) is 252 Å². The van der Waals surface area contributed by atoms with Gasteiger partial charge in [0, 0.05) is 120 Å². The zero-order chi connectivity index (χ0) is 88.1. The number of pyridine rings is 2. The number of nitrogens with two attached hydrogens (primary N) is 2. The molecular weight excluding hydrogens is 1670 g/mol. The van der Waals surface area contributed by atoms with Crippen LogP contribution in [0.3, 0.4) is 0 Å². The molecule has 0 atom stereocenters. The number of halogens is 3. The van der Waals surface area contributed by atoms with Crippen LogP contribution in [0.25, 0.3) is 0 Å². The molecule has 0 spiro atoms. The van der Waals surface area contributed by atoms with E-state index >= 15 is 0 Å². The number of aryl methyl sites for hydroxylation is 4. The van der Waals surface area contributed by atoms with E-state index in [1.807, 2.05) is 98.9 Å². The largest absolute Gasteiger partial charge is 0.496 e. The standard InChI is InChI=1S/C21H26N4O3.C11H13N3O2.C11H13NO4.C11H15NO2.C9H8BrNO4.C9H12ClNO.C8H6BrNO4.C2H6/c1-13-10-22-18(14(2)19(13)27-5)12-25(4)21-23-17-9-15(20(26)28-6)7-8-16(17)11-24(21)3;1-14-6-8-4-3-7(10(15)16-2)5-9(8)13-11(14)12;1-3-4-8-5-6-9(11(13)16-2)7-10(8)12(14)15;1-3-4-8-5-6-9(7-10(8)12)11(13)14-2;1-15-9(12)6-2-3-7(5-10)8(4-6)11(13)14;1-6-5-11-8(4-10)7(2)9(6)12-3;9-4-6-2-1-5(8(11)12)3-7(6)10(13)14;1-2/h7-10H,11-12H2,1-6H3;3-5H,6H2,1-2H3,(H2,12,13);5-7H,3-4H2,1-2H3;5-7H,3-4,12H2,1-2H3;2-4H,5H2,1H3;5H,4H2,1-3H3;1-3H,4H2,(H,11,12);1-2H3. The molecule has 628 valence electrons. The lowest BCUT2D eigenvalue weighted by atomic mass is 10.1. The van der Waals surface area contributed by atoms with Crippen molar-refractivity contribution in [3.63, 3.8) is 0 Å². The number of nitro benzene ring substituents is 3. The summed E-state index contributed by atoms with van der Waals surface area (Å²) in [5, 5.41) is 41.3. The molecule has 0 fully saturated rings. The number of nitro groups is 3. The highest BCUT2D eigenvalue weighted by atomic mass is 79.9. The van der Waals surface area contributed by atoms with E-state index in [4.69, 9.17) is 47.4 Å². The first-order valence-corrected chi connectivity index (χ1v) is 38.7. The Labute approximate surface area is 701 Å². The second-order valence-electron chi connectivity index (χ2n) is 25.1. The average Bonchev–Trinajstić information content (AvgIpc) is 0.786. The van der Waals surface area contributed by atoms with Gasteiger partial charge >= 0.3 is 35.8 Å². The number of nitrogen functional groups attached to an aromatic ring is 1. The van der Waals surface area contributed by atoms with E-state index in [1.54, 1.807) is 68.9 Å². The number of benzene rings is 6. The van der Waals surface area contributed by atoms with Crippen LogP contribution in [-0.2, 0) is 72.7 Å². The first-order chi connectivity index (χ1) is 55.6. The van der Waals surface area contributed by atoms with E-state index in [1.165, 1.54) is 71.9 Å². The van der Waals surface area contributed by atoms with Crippen LogP contribution in [0.4, 0.5) is 34.1 Å². The van der Waals surface area contributed by atoms with Crippen LogP contribution in [0.1, 0.15) is 170 Å². The summed E-state index contributed by atoms with van der Waals surface area (Å²) < 4.78 is 33.8. The number of nitrogens with zero attached hydrogens (tertiary/aromatic N) is 10. The number of anilines is 1. The Hall–Kier alpha value is -12.2. The van der Waals surface area contributed by atoms with E-state index in [-0.39, 0.29) is 51.7 Å². The minimum Gasteiger partial charge on any atom is -0.496 e. The number of rotatable bonds is 20. The van der Waals surface area contributed by atoms with Crippen LogP contribution >= 0.6 is 43.5 Å². The Kier molecular flexibility index (Phi) is 42.0. The number of aromatic carboxylic acids is 1. The number of carbonyl (C=O) groups excluding carboxylic acids is 5. The summed E-state index contributed by atoms with van der Waals surface area (Å²) in [6.07, 6.45) is 7.04. The molecule has 8 aromatic rings. The Morgan fingerprint density at radius 1 is 0.513 bits per heavy atom. The highest BCUT2D eigenvalue weighted by molar-refractivity contribution is 9.08. The molecule has 35 heteroatoms. The molecule has 6 aromatic carbocycles. The van der Waals surface area contributed by atoms with Crippen LogP contribution in [0.15, 0.2) is 132 Å². The van der Waals surface area contributed by atoms with Gasteiger partial charge in [-0.3, -0.25) is 40.3 Å². The number of guanidine groups is 2. The van der Waals surface area contributed by atoms with Gasteiger partial charge in [-0.2, -0.15) is 0 Å². The number of carbonyl (C=O) groups is 6. The highest BCUT2D eigenvalue weighted by Gasteiger charge is 2.25. The summed E-state index contributed by atoms with van der Waals surface area (Å²) >= 11 is 11.9. The fraction of sp³-hybridized carbons (Fsp3) is 0.341. The Morgan fingerprint density at radius 2 is 0.855 bits per heavy atom. The number of hydrogen-bond acceptors (Lipinski definition) is 28. The van der Waals surface area contributed by atoms with Gasteiger partial charge in [0.05, 0.1) is 133 Å². The molecule has 0 amide bonds. The van der Waals surface area contributed by atoms with Crippen molar-refractivity contribution in [3.8, 4) is 11.5 Å². The van der Waals surface area contributed by atoms with Crippen LogP contribution in [-0.4, -0.2) is 163 Å². The lowest BCUT2D eigenvalue weighted by Crippen LogP contribution is -2.41. The predicted octanol–water partition coefficient (Wildman–Crippen LogP) is 16.2. The molecule has 0 aliphatic carbocycles. The number of aliphatic imine (C=N–C) groups is 2. The summed E-state index contributed by atoms with van der Waals surface area (Å²) in [5.74, 6) is 0.0618. The van der Waals surface area contributed by atoms with E-state index in [0.29, 0.717) is 87.6 Å². The molecule has 32 nitrogen and oxygen atoms in total. The molecule has 0 saturated heterocycles.